The predicted octanol–water partition coefficient (Wildman–Crippen LogP) is 1.76. The van der Waals surface area contributed by atoms with E-state index in [4.69, 9.17) is 0 Å². The molecule has 2 rings (SSSR count). The fraction of sp³-hybridized carbons (Fsp3) is 0.600. The fourth-order valence-electron chi connectivity index (χ4n) is 2.37. The summed E-state index contributed by atoms with van der Waals surface area (Å²) in [6.07, 6.45) is 2.28. The van der Waals surface area contributed by atoms with Crippen molar-refractivity contribution in [3.63, 3.8) is 0 Å². The van der Waals surface area contributed by atoms with Gasteiger partial charge >= 0.3 is 0 Å². The number of nitrogens with one attached hydrogen (secondary N) is 1. The van der Waals surface area contributed by atoms with Crippen LogP contribution in [0.1, 0.15) is 18.9 Å². The lowest BCUT2D eigenvalue weighted by Gasteiger charge is -2.35. The summed E-state index contributed by atoms with van der Waals surface area (Å²) in [4.78, 5) is 2.39. The third-order valence-corrected chi connectivity index (χ3v) is 3.69. The Hall–Kier alpha value is -0.900. The molecule has 0 saturated carbocycles. The standard InChI is InChI=1S/C15H25N3/c1-3-15(13-14-7-5-4-6-8-14)16-18-11-9-17(2)10-12-18/h4-8,15-16H,3,9-13H2,1-2H3. The van der Waals surface area contributed by atoms with Gasteiger partial charge in [-0.1, -0.05) is 37.3 Å². The molecule has 100 valence electrons. The number of nitrogens with zero attached hydrogens (tertiary/aromatic N) is 2. The van der Waals surface area contributed by atoms with Gasteiger partial charge in [0.1, 0.15) is 0 Å². The van der Waals surface area contributed by atoms with Crippen LogP contribution in [0.25, 0.3) is 0 Å². The summed E-state index contributed by atoms with van der Waals surface area (Å²) >= 11 is 0. The van der Waals surface area contributed by atoms with E-state index in [9.17, 15) is 0 Å². The van der Waals surface area contributed by atoms with Crippen molar-refractivity contribution in [1.29, 1.82) is 0 Å². The molecule has 0 radical (unpaired) electrons. The summed E-state index contributed by atoms with van der Waals surface area (Å²) in [5.41, 5.74) is 5.10. The molecule has 1 saturated heterocycles. The lowest BCUT2D eigenvalue weighted by molar-refractivity contribution is 0.0857. The van der Waals surface area contributed by atoms with Crippen LogP contribution in [-0.2, 0) is 6.42 Å². The monoisotopic (exact) mass is 247 g/mol. The van der Waals surface area contributed by atoms with Crippen molar-refractivity contribution >= 4 is 0 Å². The number of rotatable bonds is 5. The Morgan fingerprint density at radius 1 is 1.11 bits per heavy atom. The van der Waals surface area contributed by atoms with E-state index >= 15 is 0 Å². The molecule has 0 aromatic heterocycles. The smallest absolute Gasteiger partial charge is 0.0259 e. The summed E-state index contributed by atoms with van der Waals surface area (Å²) in [5.74, 6) is 0. The molecule has 1 aromatic carbocycles. The normalized spacial score (nSPS) is 19.9. The average molecular weight is 247 g/mol. The SMILES string of the molecule is CCC(Cc1ccccc1)NN1CCN(C)CC1. The maximum atomic E-state index is 3.68. The largest absolute Gasteiger partial charge is 0.304 e. The first-order chi connectivity index (χ1) is 8.78. The molecule has 0 aliphatic carbocycles. The van der Waals surface area contributed by atoms with Gasteiger partial charge in [0.2, 0.25) is 0 Å². The van der Waals surface area contributed by atoms with E-state index in [-0.39, 0.29) is 0 Å². The minimum absolute atomic E-state index is 0.552. The Bertz CT molecular complexity index is 331. The Morgan fingerprint density at radius 3 is 2.39 bits per heavy atom. The highest BCUT2D eigenvalue weighted by molar-refractivity contribution is 5.15. The van der Waals surface area contributed by atoms with Crippen LogP contribution in [0.15, 0.2) is 30.3 Å². The summed E-state index contributed by atoms with van der Waals surface area (Å²) < 4.78 is 0. The van der Waals surface area contributed by atoms with Crippen molar-refractivity contribution in [1.82, 2.24) is 15.3 Å². The topological polar surface area (TPSA) is 18.5 Å². The Kier molecular flexibility index (Phi) is 5.17. The van der Waals surface area contributed by atoms with Crippen molar-refractivity contribution in [2.75, 3.05) is 33.2 Å². The summed E-state index contributed by atoms with van der Waals surface area (Å²) in [6, 6.07) is 11.3. The third kappa shape index (κ3) is 4.09. The highest BCUT2D eigenvalue weighted by Crippen LogP contribution is 2.07. The number of likely N-dealkylation sites (N-methyl/N-ethyl adjacent to an activating group) is 1. The first-order valence-electron chi connectivity index (χ1n) is 7.01. The molecule has 18 heavy (non-hydrogen) atoms. The Balaban J connectivity index is 1.82. The number of hydrazine groups is 1. The van der Waals surface area contributed by atoms with Crippen LogP contribution in [0.4, 0.5) is 0 Å². The van der Waals surface area contributed by atoms with Crippen LogP contribution in [0, 0.1) is 0 Å². The average Bonchev–Trinajstić information content (AvgIpc) is 2.41. The third-order valence-electron chi connectivity index (χ3n) is 3.69. The molecule has 0 amide bonds. The first-order valence-corrected chi connectivity index (χ1v) is 7.01. The minimum atomic E-state index is 0.552. The quantitative estimate of drug-likeness (QED) is 0.855. The van der Waals surface area contributed by atoms with E-state index in [0.29, 0.717) is 6.04 Å². The number of hydrogen-bond acceptors (Lipinski definition) is 3. The van der Waals surface area contributed by atoms with E-state index < -0.39 is 0 Å². The zero-order valence-corrected chi connectivity index (χ0v) is 11.6. The molecule has 3 nitrogen and oxygen atoms in total. The van der Waals surface area contributed by atoms with Gasteiger partial charge in [-0.05, 0) is 25.5 Å². The van der Waals surface area contributed by atoms with Gasteiger partial charge in [-0.15, -0.1) is 0 Å². The van der Waals surface area contributed by atoms with Crippen molar-refractivity contribution in [2.24, 2.45) is 0 Å². The van der Waals surface area contributed by atoms with Gasteiger partial charge < -0.3 is 4.90 Å². The fourth-order valence-corrected chi connectivity index (χ4v) is 2.37. The van der Waals surface area contributed by atoms with E-state index in [0.717, 1.165) is 32.6 Å². The molecule has 1 fully saturated rings. The maximum absolute atomic E-state index is 3.68. The lowest BCUT2D eigenvalue weighted by atomic mass is 10.0. The molecule has 0 spiro atoms. The second-order valence-electron chi connectivity index (χ2n) is 5.21. The maximum Gasteiger partial charge on any atom is 0.0259 e. The Morgan fingerprint density at radius 2 is 1.78 bits per heavy atom. The number of hydrogen-bond donors (Lipinski definition) is 1. The van der Waals surface area contributed by atoms with Crippen molar-refractivity contribution in [3.8, 4) is 0 Å². The highest BCUT2D eigenvalue weighted by atomic mass is 15.5. The van der Waals surface area contributed by atoms with Crippen LogP contribution in [0.2, 0.25) is 0 Å². The van der Waals surface area contributed by atoms with E-state index in [2.05, 4.69) is 59.6 Å². The van der Waals surface area contributed by atoms with Gasteiger partial charge in [-0.3, -0.25) is 5.43 Å². The molecular weight excluding hydrogens is 222 g/mol. The van der Waals surface area contributed by atoms with Crippen LogP contribution in [0.3, 0.4) is 0 Å². The second-order valence-corrected chi connectivity index (χ2v) is 5.21. The van der Waals surface area contributed by atoms with Crippen molar-refractivity contribution in [2.45, 2.75) is 25.8 Å². The number of piperazine rings is 1. The van der Waals surface area contributed by atoms with Crippen LogP contribution < -0.4 is 5.43 Å². The van der Waals surface area contributed by atoms with Gasteiger partial charge in [-0.25, -0.2) is 5.01 Å². The van der Waals surface area contributed by atoms with E-state index in [1.54, 1.807) is 0 Å². The lowest BCUT2D eigenvalue weighted by Crippen LogP contribution is -2.54. The van der Waals surface area contributed by atoms with Gasteiger partial charge in [0, 0.05) is 32.2 Å². The summed E-state index contributed by atoms with van der Waals surface area (Å²) in [7, 11) is 2.19. The second kappa shape index (κ2) is 6.88. The minimum Gasteiger partial charge on any atom is -0.304 e. The molecule has 1 unspecified atom stereocenters. The van der Waals surface area contributed by atoms with E-state index in [1.165, 1.54) is 12.0 Å². The molecular formula is C15H25N3. The summed E-state index contributed by atoms with van der Waals surface area (Å²) in [6.45, 7) is 6.84. The molecule has 3 heteroatoms. The van der Waals surface area contributed by atoms with Gasteiger partial charge in [0.05, 0.1) is 0 Å². The first kappa shape index (κ1) is 13.5. The molecule has 1 aliphatic heterocycles. The molecule has 1 heterocycles. The molecule has 1 atom stereocenters. The van der Waals surface area contributed by atoms with Crippen molar-refractivity contribution < 1.29 is 0 Å². The van der Waals surface area contributed by atoms with Crippen molar-refractivity contribution in [3.05, 3.63) is 35.9 Å². The molecule has 1 aliphatic rings. The number of benzene rings is 1. The molecule has 0 bridgehead atoms. The zero-order chi connectivity index (χ0) is 12.8. The van der Waals surface area contributed by atoms with Gasteiger partial charge in [0.25, 0.3) is 0 Å². The van der Waals surface area contributed by atoms with Crippen LogP contribution in [-0.4, -0.2) is 49.2 Å². The zero-order valence-electron chi connectivity index (χ0n) is 11.6. The van der Waals surface area contributed by atoms with Crippen LogP contribution in [0.5, 0.6) is 0 Å². The summed E-state index contributed by atoms with van der Waals surface area (Å²) in [5, 5.41) is 2.39. The molecule has 1 aromatic rings. The van der Waals surface area contributed by atoms with Crippen LogP contribution >= 0.6 is 0 Å². The predicted molar refractivity (Wildman–Crippen MR) is 76.4 cm³/mol. The molecule has 1 N–H and O–H groups in total. The highest BCUT2D eigenvalue weighted by Gasteiger charge is 2.16. The Labute approximate surface area is 111 Å². The van der Waals surface area contributed by atoms with Gasteiger partial charge in [0.15, 0.2) is 0 Å². The van der Waals surface area contributed by atoms with Gasteiger partial charge in [-0.2, -0.15) is 0 Å². The van der Waals surface area contributed by atoms with E-state index in [1.807, 2.05) is 0 Å².